The third-order valence-corrected chi connectivity index (χ3v) is 3.85. The van der Waals surface area contributed by atoms with Crippen molar-refractivity contribution in [3.63, 3.8) is 0 Å². The quantitative estimate of drug-likeness (QED) is 0.715. The molecule has 0 unspecified atom stereocenters. The molecule has 0 bridgehead atoms. The number of hydrogen-bond acceptors (Lipinski definition) is 2. The Morgan fingerprint density at radius 3 is 2.71 bits per heavy atom. The summed E-state index contributed by atoms with van der Waals surface area (Å²) >= 11 is 0. The van der Waals surface area contributed by atoms with Crippen LogP contribution in [0.1, 0.15) is 31.0 Å². The Bertz CT molecular complexity index is 806. The van der Waals surface area contributed by atoms with Gasteiger partial charge in [-0.25, -0.2) is 8.78 Å². The van der Waals surface area contributed by atoms with Crippen molar-refractivity contribution in [1.29, 1.82) is 0 Å². The summed E-state index contributed by atoms with van der Waals surface area (Å²) in [5, 5.41) is 8.35. The van der Waals surface area contributed by atoms with Gasteiger partial charge < -0.3 is 4.57 Å². The van der Waals surface area contributed by atoms with Crippen molar-refractivity contribution in [2.75, 3.05) is 0 Å². The monoisotopic (exact) mass is 285 g/mol. The molecule has 0 spiro atoms. The summed E-state index contributed by atoms with van der Waals surface area (Å²) in [7, 11) is 0. The number of hydrogen-bond donors (Lipinski definition) is 0. The van der Waals surface area contributed by atoms with E-state index in [9.17, 15) is 8.78 Å². The standard InChI is InChI=1S/C16H13F2N3/c17-16(18)13-7-11(9-19-20-13)15-8-10-3-1-2-4-14(10)21(15)12-5-6-12/h1-4,7-9,12,16H,5-6H2. The fourth-order valence-electron chi connectivity index (χ4n) is 2.75. The summed E-state index contributed by atoms with van der Waals surface area (Å²) < 4.78 is 27.9. The van der Waals surface area contributed by atoms with Crippen molar-refractivity contribution >= 4 is 10.9 Å². The van der Waals surface area contributed by atoms with Gasteiger partial charge in [-0.15, -0.1) is 5.10 Å². The van der Waals surface area contributed by atoms with Gasteiger partial charge in [0.2, 0.25) is 0 Å². The molecule has 4 rings (SSSR count). The number of alkyl halides is 2. The molecule has 0 amide bonds. The Morgan fingerprint density at radius 2 is 1.95 bits per heavy atom. The van der Waals surface area contributed by atoms with Crippen molar-refractivity contribution in [3.05, 3.63) is 48.3 Å². The third kappa shape index (κ3) is 2.09. The predicted molar refractivity (Wildman–Crippen MR) is 76.2 cm³/mol. The van der Waals surface area contributed by atoms with Crippen LogP contribution >= 0.6 is 0 Å². The van der Waals surface area contributed by atoms with Crippen LogP contribution in [0.5, 0.6) is 0 Å². The minimum atomic E-state index is -2.60. The Labute approximate surface area is 120 Å². The molecule has 0 radical (unpaired) electrons. The molecule has 0 saturated heterocycles. The third-order valence-electron chi connectivity index (χ3n) is 3.85. The molecular formula is C16H13F2N3. The lowest BCUT2D eigenvalue weighted by atomic mass is 10.2. The molecule has 1 fully saturated rings. The lowest BCUT2D eigenvalue weighted by Gasteiger charge is -2.10. The van der Waals surface area contributed by atoms with E-state index < -0.39 is 6.43 Å². The topological polar surface area (TPSA) is 30.7 Å². The van der Waals surface area contributed by atoms with E-state index in [2.05, 4.69) is 20.8 Å². The first-order valence-electron chi connectivity index (χ1n) is 6.95. The first-order chi connectivity index (χ1) is 10.2. The van der Waals surface area contributed by atoms with Crippen molar-refractivity contribution in [2.24, 2.45) is 0 Å². The van der Waals surface area contributed by atoms with E-state index in [1.807, 2.05) is 24.3 Å². The number of halogens is 2. The highest BCUT2D eigenvalue weighted by Gasteiger charge is 2.28. The summed E-state index contributed by atoms with van der Waals surface area (Å²) in [5.74, 6) is 0. The minimum Gasteiger partial charge on any atom is -0.337 e. The average Bonchev–Trinajstić information content (AvgIpc) is 3.27. The highest BCUT2D eigenvalue weighted by Crippen LogP contribution is 2.42. The largest absolute Gasteiger partial charge is 0.337 e. The average molecular weight is 285 g/mol. The van der Waals surface area contributed by atoms with E-state index in [4.69, 9.17) is 0 Å². The highest BCUT2D eigenvalue weighted by atomic mass is 19.3. The normalized spacial score (nSPS) is 15.0. The van der Waals surface area contributed by atoms with E-state index in [-0.39, 0.29) is 5.69 Å². The van der Waals surface area contributed by atoms with Gasteiger partial charge in [0.1, 0.15) is 5.69 Å². The second kappa shape index (κ2) is 4.62. The molecule has 106 valence electrons. The molecule has 0 aliphatic heterocycles. The van der Waals surface area contributed by atoms with Gasteiger partial charge >= 0.3 is 0 Å². The fraction of sp³-hybridized carbons (Fsp3) is 0.250. The second-order valence-corrected chi connectivity index (χ2v) is 5.36. The summed E-state index contributed by atoms with van der Waals surface area (Å²) in [6.07, 6.45) is 1.22. The number of fused-ring (bicyclic) bond motifs is 1. The molecule has 5 heteroatoms. The maximum Gasteiger partial charge on any atom is 0.282 e. The van der Waals surface area contributed by atoms with Crippen LogP contribution in [0.15, 0.2) is 42.6 Å². The molecule has 3 aromatic rings. The van der Waals surface area contributed by atoms with Gasteiger partial charge in [-0.05, 0) is 31.0 Å². The Balaban J connectivity index is 1.93. The zero-order valence-electron chi connectivity index (χ0n) is 11.2. The molecule has 0 N–H and O–H groups in total. The van der Waals surface area contributed by atoms with Gasteiger partial charge in [0.05, 0.1) is 11.9 Å². The van der Waals surface area contributed by atoms with Crippen LogP contribution in [0.4, 0.5) is 8.78 Å². The van der Waals surface area contributed by atoms with Crippen LogP contribution < -0.4 is 0 Å². The summed E-state index contributed by atoms with van der Waals surface area (Å²) in [5.41, 5.74) is 2.50. The van der Waals surface area contributed by atoms with Crippen molar-refractivity contribution in [3.8, 4) is 11.3 Å². The maximum atomic E-state index is 12.8. The van der Waals surface area contributed by atoms with Crippen LogP contribution in [0.25, 0.3) is 22.2 Å². The molecule has 0 atom stereocenters. The van der Waals surface area contributed by atoms with Gasteiger partial charge in [0.15, 0.2) is 0 Å². The van der Waals surface area contributed by atoms with Gasteiger partial charge in [-0.1, -0.05) is 18.2 Å². The van der Waals surface area contributed by atoms with Crippen LogP contribution in [-0.2, 0) is 0 Å². The first kappa shape index (κ1) is 12.4. The van der Waals surface area contributed by atoms with E-state index in [0.717, 1.165) is 29.4 Å². The molecule has 21 heavy (non-hydrogen) atoms. The molecule has 1 aromatic carbocycles. The maximum absolute atomic E-state index is 12.8. The van der Waals surface area contributed by atoms with Crippen molar-refractivity contribution in [2.45, 2.75) is 25.3 Å². The zero-order valence-corrected chi connectivity index (χ0v) is 11.2. The number of para-hydroxylation sites is 1. The van der Waals surface area contributed by atoms with Gasteiger partial charge in [0.25, 0.3) is 6.43 Å². The van der Waals surface area contributed by atoms with Crippen LogP contribution in [-0.4, -0.2) is 14.8 Å². The number of benzene rings is 1. The van der Waals surface area contributed by atoms with E-state index in [0.29, 0.717) is 11.6 Å². The van der Waals surface area contributed by atoms with Crippen molar-refractivity contribution < 1.29 is 8.78 Å². The minimum absolute atomic E-state index is 0.278. The Hall–Kier alpha value is -2.30. The zero-order chi connectivity index (χ0) is 14.4. The highest BCUT2D eigenvalue weighted by molar-refractivity contribution is 5.87. The summed E-state index contributed by atoms with van der Waals surface area (Å²) in [4.78, 5) is 0. The van der Waals surface area contributed by atoms with E-state index in [1.165, 1.54) is 6.07 Å². The smallest absolute Gasteiger partial charge is 0.282 e. The van der Waals surface area contributed by atoms with E-state index in [1.54, 1.807) is 6.20 Å². The van der Waals surface area contributed by atoms with Gasteiger partial charge in [-0.3, -0.25) is 0 Å². The molecule has 3 nitrogen and oxygen atoms in total. The summed E-state index contributed by atoms with van der Waals surface area (Å²) in [6, 6.07) is 12.0. The van der Waals surface area contributed by atoms with E-state index >= 15 is 0 Å². The molecule has 2 heterocycles. The SMILES string of the molecule is FC(F)c1cc(-c2cc3ccccc3n2C2CC2)cnn1. The fourth-order valence-corrected chi connectivity index (χ4v) is 2.75. The molecule has 2 aromatic heterocycles. The second-order valence-electron chi connectivity index (χ2n) is 5.36. The number of nitrogens with zero attached hydrogens (tertiary/aromatic N) is 3. The molecule has 1 saturated carbocycles. The van der Waals surface area contributed by atoms with Gasteiger partial charge in [0, 0.05) is 22.5 Å². The van der Waals surface area contributed by atoms with Crippen LogP contribution in [0, 0.1) is 0 Å². The first-order valence-corrected chi connectivity index (χ1v) is 6.95. The van der Waals surface area contributed by atoms with Crippen LogP contribution in [0.3, 0.4) is 0 Å². The Morgan fingerprint density at radius 1 is 1.14 bits per heavy atom. The lowest BCUT2D eigenvalue weighted by molar-refractivity contribution is 0.145. The predicted octanol–water partition coefficient (Wildman–Crippen LogP) is 4.37. The Kier molecular flexibility index (Phi) is 2.74. The number of aromatic nitrogens is 3. The molecule has 1 aliphatic carbocycles. The van der Waals surface area contributed by atoms with Crippen LogP contribution in [0.2, 0.25) is 0 Å². The molecule has 1 aliphatic rings. The lowest BCUT2D eigenvalue weighted by Crippen LogP contribution is -1.99. The summed E-state index contributed by atoms with van der Waals surface area (Å²) in [6.45, 7) is 0. The number of rotatable bonds is 3. The van der Waals surface area contributed by atoms with Crippen molar-refractivity contribution in [1.82, 2.24) is 14.8 Å². The van der Waals surface area contributed by atoms with Gasteiger partial charge in [-0.2, -0.15) is 5.10 Å². The molecular weight excluding hydrogens is 272 g/mol.